The van der Waals surface area contributed by atoms with Crippen molar-refractivity contribution in [3.63, 3.8) is 0 Å². The van der Waals surface area contributed by atoms with Crippen LogP contribution in [0, 0.1) is 0 Å². The minimum Gasteiger partial charge on any atom is -0.496 e. The molecule has 0 saturated heterocycles. The lowest BCUT2D eigenvalue weighted by Crippen LogP contribution is -2.39. The largest absolute Gasteiger partial charge is 0.496 e. The summed E-state index contributed by atoms with van der Waals surface area (Å²) in [5.41, 5.74) is 3.37. The first-order valence-corrected chi connectivity index (χ1v) is 12.3. The first-order chi connectivity index (χ1) is 15.3. The predicted molar refractivity (Wildman–Crippen MR) is 132 cm³/mol. The molecule has 0 aliphatic rings. The molecular formula is C22H19Br2N3O4S. The van der Waals surface area contributed by atoms with E-state index in [1.807, 2.05) is 6.07 Å². The van der Waals surface area contributed by atoms with Crippen LogP contribution in [0.5, 0.6) is 5.75 Å². The molecule has 0 aliphatic heterocycles. The van der Waals surface area contributed by atoms with Crippen molar-refractivity contribution in [1.29, 1.82) is 0 Å². The van der Waals surface area contributed by atoms with Crippen molar-refractivity contribution in [2.75, 3.05) is 18.0 Å². The molecule has 10 heteroatoms. The molecule has 0 bridgehead atoms. The van der Waals surface area contributed by atoms with Crippen LogP contribution in [0.2, 0.25) is 0 Å². The van der Waals surface area contributed by atoms with Gasteiger partial charge in [0.1, 0.15) is 12.3 Å². The van der Waals surface area contributed by atoms with E-state index >= 15 is 0 Å². The van der Waals surface area contributed by atoms with Crippen LogP contribution in [-0.2, 0) is 14.8 Å². The molecule has 0 aliphatic carbocycles. The monoisotopic (exact) mass is 579 g/mol. The van der Waals surface area contributed by atoms with E-state index in [1.54, 1.807) is 54.6 Å². The number of methoxy groups -OCH3 is 1. The zero-order valence-electron chi connectivity index (χ0n) is 16.9. The van der Waals surface area contributed by atoms with Crippen LogP contribution in [0.1, 0.15) is 5.56 Å². The normalized spacial score (nSPS) is 11.3. The predicted octanol–water partition coefficient (Wildman–Crippen LogP) is 4.57. The first-order valence-electron chi connectivity index (χ1n) is 9.30. The number of hydrogen-bond acceptors (Lipinski definition) is 5. The van der Waals surface area contributed by atoms with Crippen LogP contribution in [0.15, 0.2) is 91.7 Å². The molecule has 7 nitrogen and oxygen atoms in total. The fourth-order valence-electron chi connectivity index (χ4n) is 2.81. The Morgan fingerprint density at radius 3 is 2.44 bits per heavy atom. The minimum absolute atomic E-state index is 0.0788. The van der Waals surface area contributed by atoms with Crippen LogP contribution in [0.25, 0.3) is 0 Å². The van der Waals surface area contributed by atoms with Gasteiger partial charge in [0.25, 0.3) is 15.9 Å². The number of rotatable bonds is 8. The summed E-state index contributed by atoms with van der Waals surface area (Å²) in [7, 11) is -2.45. The van der Waals surface area contributed by atoms with Gasteiger partial charge in [-0.3, -0.25) is 9.10 Å². The minimum atomic E-state index is -3.99. The van der Waals surface area contributed by atoms with E-state index in [4.69, 9.17) is 4.74 Å². The van der Waals surface area contributed by atoms with E-state index < -0.39 is 22.5 Å². The van der Waals surface area contributed by atoms with Gasteiger partial charge in [0.2, 0.25) is 0 Å². The van der Waals surface area contributed by atoms with E-state index in [9.17, 15) is 13.2 Å². The van der Waals surface area contributed by atoms with Gasteiger partial charge in [-0.1, -0.05) is 56.1 Å². The molecule has 0 atom stereocenters. The number of hydrogen-bond donors (Lipinski definition) is 1. The maximum absolute atomic E-state index is 13.3. The Kier molecular flexibility index (Phi) is 8.05. The lowest BCUT2D eigenvalue weighted by molar-refractivity contribution is -0.119. The lowest BCUT2D eigenvalue weighted by Gasteiger charge is -2.23. The number of sulfonamides is 1. The lowest BCUT2D eigenvalue weighted by atomic mass is 10.2. The Bertz CT molecular complexity index is 1230. The van der Waals surface area contributed by atoms with Crippen molar-refractivity contribution in [1.82, 2.24) is 5.43 Å². The SMILES string of the molecule is COc1ccc(Br)cc1/C=N\NC(=O)CN(c1cccc(Br)c1)S(=O)(=O)c1ccccc1. The van der Waals surface area contributed by atoms with Gasteiger partial charge in [-0.25, -0.2) is 13.8 Å². The van der Waals surface area contributed by atoms with Crippen molar-refractivity contribution in [3.8, 4) is 5.75 Å². The molecular weight excluding hydrogens is 562 g/mol. The number of nitrogens with zero attached hydrogens (tertiary/aromatic N) is 2. The molecule has 0 aromatic heterocycles. The molecule has 0 heterocycles. The molecule has 0 radical (unpaired) electrons. The Morgan fingerprint density at radius 1 is 1.03 bits per heavy atom. The Morgan fingerprint density at radius 2 is 1.75 bits per heavy atom. The third-order valence-electron chi connectivity index (χ3n) is 4.30. The number of hydrazone groups is 1. The second kappa shape index (κ2) is 10.8. The van der Waals surface area contributed by atoms with Crippen molar-refractivity contribution in [2.24, 2.45) is 5.10 Å². The zero-order valence-corrected chi connectivity index (χ0v) is 20.9. The molecule has 0 spiro atoms. The zero-order chi connectivity index (χ0) is 23.1. The van der Waals surface area contributed by atoms with Crippen molar-refractivity contribution >= 4 is 59.7 Å². The van der Waals surface area contributed by atoms with Crippen LogP contribution in [0.3, 0.4) is 0 Å². The summed E-state index contributed by atoms with van der Waals surface area (Å²) in [5, 5.41) is 3.95. The van der Waals surface area contributed by atoms with Crippen LogP contribution < -0.4 is 14.5 Å². The highest BCUT2D eigenvalue weighted by molar-refractivity contribution is 9.10. The highest BCUT2D eigenvalue weighted by Crippen LogP contribution is 2.26. The maximum atomic E-state index is 13.3. The number of amides is 1. The number of nitrogens with one attached hydrogen (secondary N) is 1. The first kappa shape index (κ1) is 24.0. The van der Waals surface area contributed by atoms with Crippen LogP contribution in [-0.4, -0.2) is 34.2 Å². The van der Waals surface area contributed by atoms with Gasteiger partial charge < -0.3 is 4.74 Å². The quantitative estimate of drug-likeness (QED) is 0.312. The molecule has 3 rings (SSSR count). The Labute approximate surface area is 203 Å². The molecule has 1 amide bonds. The summed E-state index contributed by atoms with van der Waals surface area (Å²) in [4.78, 5) is 12.7. The van der Waals surface area contributed by atoms with Gasteiger partial charge in [-0.05, 0) is 48.5 Å². The molecule has 3 aromatic carbocycles. The van der Waals surface area contributed by atoms with E-state index in [0.717, 1.165) is 8.78 Å². The molecule has 0 unspecified atom stereocenters. The van der Waals surface area contributed by atoms with Crippen molar-refractivity contribution < 1.29 is 17.9 Å². The summed E-state index contributed by atoms with van der Waals surface area (Å²) >= 11 is 6.72. The smallest absolute Gasteiger partial charge is 0.264 e. The van der Waals surface area contributed by atoms with Gasteiger partial charge in [-0.15, -0.1) is 0 Å². The third-order valence-corrected chi connectivity index (χ3v) is 7.07. The summed E-state index contributed by atoms with van der Waals surface area (Å²) in [6.07, 6.45) is 1.43. The van der Waals surface area contributed by atoms with Crippen molar-refractivity contribution in [3.05, 3.63) is 87.3 Å². The van der Waals surface area contributed by atoms with Crippen LogP contribution in [0.4, 0.5) is 5.69 Å². The number of anilines is 1. The average Bonchev–Trinajstić information content (AvgIpc) is 2.78. The topological polar surface area (TPSA) is 88.1 Å². The summed E-state index contributed by atoms with van der Waals surface area (Å²) < 4.78 is 34.3. The highest BCUT2D eigenvalue weighted by Gasteiger charge is 2.27. The van der Waals surface area contributed by atoms with E-state index in [1.165, 1.54) is 25.5 Å². The molecule has 0 fully saturated rings. The fraction of sp³-hybridized carbons (Fsp3) is 0.0909. The number of halogens is 2. The molecule has 0 saturated carbocycles. The number of benzene rings is 3. The van der Waals surface area contributed by atoms with E-state index in [-0.39, 0.29) is 4.90 Å². The van der Waals surface area contributed by atoms with Gasteiger partial charge in [-0.2, -0.15) is 5.10 Å². The third kappa shape index (κ3) is 5.96. The average molecular weight is 581 g/mol. The summed E-state index contributed by atoms with van der Waals surface area (Å²) in [6.45, 7) is -0.458. The molecule has 32 heavy (non-hydrogen) atoms. The second-order valence-electron chi connectivity index (χ2n) is 6.48. The molecule has 166 valence electrons. The van der Waals surface area contributed by atoms with Gasteiger partial charge in [0.05, 0.1) is 23.9 Å². The number of carbonyl (C=O) groups is 1. The maximum Gasteiger partial charge on any atom is 0.264 e. The van der Waals surface area contributed by atoms with Gasteiger partial charge in [0, 0.05) is 14.5 Å². The summed E-state index contributed by atoms with van der Waals surface area (Å²) in [6, 6.07) is 20.0. The van der Waals surface area contributed by atoms with Gasteiger partial charge in [0.15, 0.2) is 0 Å². The van der Waals surface area contributed by atoms with Crippen LogP contribution >= 0.6 is 31.9 Å². The van der Waals surface area contributed by atoms with E-state index in [2.05, 4.69) is 42.4 Å². The highest BCUT2D eigenvalue weighted by atomic mass is 79.9. The Hall–Kier alpha value is -2.69. The molecule has 1 N–H and O–H groups in total. The standard InChI is InChI=1S/C22H19Br2N3O4S/c1-31-21-11-10-18(24)12-16(21)14-25-26-22(28)15-27(19-7-5-6-17(23)13-19)32(29,30)20-8-3-2-4-9-20/h2-14H,15H2,1H3,(H,26,28)/b25-14-. The summed E-state index contributed by atoms with van der Waals surface area (Å²) in [5.74, 6) is -0.0247. The van der Waals surface area contributed by atoms with Gasteiger partial charge >= 0.3 is 0 Å². The van der Waals surface area contributed by atoms with Crippen molar-refractivity contribution in [2.45, 2.75) is 4.90 Å². The van der Waals surface area contributed by atoms with E-state index in [0.29, 0.717) is 21.5 Å². The number of ether oxygens (including phenoxy) is 1. The second-order valence-corrected chi connectivity index (χ2v) is 10.2. The number of carbonyl (C=O) groups excluding carboxylic acids is 1. The Balaban J connectivity index is 1.84. The molecule has 3 aromatic rings. The fourth-order valence-corrected chi connectivity index (χ4v) is 5.01.